The Morgan fingerprint density at radius 1 is 1.45 bits per heavy atom. The van der Waals surface area contributed by atoms with Crippen molar-refractivity contribution in [3.05, 3.63) is 11.6 Å². The van der Waals surface area contributed by atoms with E-state index in [0.717, 1.165) is 12.5 Å². The third-order valence-electron chi connectivity index (χ3n) is 2.60. The van der Waals surface area contributed by atoms with Crippen LogP contribution in [0.4, 0.5) is 0 Å². The van der Waals surface area contributed by atoms with Gasteiger partial charge in [-0.15, -0.1) is 0 Å². The standard InChI is InChI=1S/C10H15N/c1-8-4-5-10-9(7-8)3-2-6-11-10/h7-8H,2-6H2,1H3. The minimum Gasteiger partial charge on any atom is -0.289 e. The fourth-order valence-corrected chi connectivity index (χ4v) is 1.94. The van der Waals surface area contributed by atoms with E-state index in [9.17, 15) is 0 Å². The lowest BCUT2D eigenvalue weighted by atomic mass is 9.86. The molecule has 1 aliphatic heterocycles. The van der Waals surface area contributed by atoms with Crippen LogP contribution in [0.25, 0.3) is 0 Å². The molecule has 1 heterocycles. The molecular formula is C10H15N. The van der Waals surface area contributed by atoms with Crippen LogP contribution in [0.2, 0.25) is 0 Å². The molecule has 1 aliphatic carbocycles. The summed E-state index contributed by atoms with van der Waals surface area (Å²) in [5, 5.41) is 0. The van der Waals surface area contributed by atoms with Gasteiger partial charge in [-0.25, -0.2) is 0 Å². The van der Waals surface area contributed by atoms with E-state index in [1.54, 1.807) is 5.57 Å². The van der Waals surface area contributed by atoms with Crippen molar-refractivity contribution in [1.29, 1.82) is 0 Å². The predicted octanol–water partition coefficient (Wildman–Crippen LogP) is 2.58. The smallest absolute Gasteiger partial charge is 0.0395 e. The van der Waals surface area contributed by atoms with Crippen LogP contribution in [0.15, 0.2) is 16.6 Å². The fourth-order valence-electron chi connectivity index (χ4n) is 1.94. The molecule has 0 saturated carbocycles. The predicted molar refractivity (Wildman–Crippen MR) is 48.0 cm³/mol. The Kier molecular flexibility index (Phi) is 1.80. The zero-order chi connectivity index (χ0) is 7.68. The molecule has 1 nitrogen and oxygen atoms in total. The lowest BCUT2D eigenvalue weighted by Crippen LogP contribution is -2.16. The third kappa shape index (κ3) is 1.37. The SMILES string of the molecule is CC1C=C2CCCN=C2CC1. The number of hydrogen-bond donors (Lipinski definition) is 0. The minimum atomic E-state index is 0.794. The molecule has 1 atom stereocenters. The molecule has 0 fully saturated rings. The molecule has 11 heavy (non-hydrogen) atoms. The summed E-state index contributed by atoms with van der Waals surface area (Å²) in [4.78, 5) is 4.53. The monoisotopic (exact) mass is 149 g/mol. The van der Waals surface area contributed by atoms with E-state index in [1.165, 1.54) is 31.4 Å². The number of allylic oxidation sites excluding steroid dienone is 2. The van der Waals surface area contributed by atoms with Crippen molar-refractivity contribution in [3.8, 4) is 0 Å². The molecule has 1 unspecified atom stereocenters. The molecule has 0 aromatic rings. The number of nitrogens with zero attached hydrogens (tertiary/aromatic N) is 1. The average Bonchev–Trinajstić information content (AvgIpc) is 2.04. The second kappa shape index (κ2) is 2.80. The second-order valence-electron chi connectivity index (χ2n) is 3.64. The van der Waals surface area contributed by atoms with Gasteiger partial charge in [0.1, 0.15) is 0 Å². The van der Waals surface area contributed by atoms with E-state index in [-0.39, 0.29) is 0 Å². The second-order valence-corrected chi connectivity index (χ2v) is 3.64. The van der Waals surface area contributed by atoms with Crippen LogP contribution in [0, 0.1) is 5.92 Å². The fraction of sp³-hybridized carbons (Fsp3) is 0.700. The van der Waals surface area contributed by atoms with Gasteiger partial charge in [-0.3, -0.25) is 4.99 Å². The van der Waals surface area contributed by atoms with Crippen LogP contribution in [0.1, 0.15) is 32.6 Å². The average molecular weight is 149 g/mol. The highest BCUT2D eigenvalue weighted by molar-refractivity contribution is 6.01. The van der Waals surface area contributed by atoms with E-state index in [1.807, 2.05) is 0 Å². The first kappa shape index (κ1) is 7.08. The van der Waals surface area contributed by atoms with E-state index < -0.39 is 0 Å². The highest BCUT2D eigenvalue weighted by Gasteiger charge is 2.17. The van der Waals surface area contributed by atoms with Crippen molar-refractivity contribution in [2.45, 2.75) is 32.6 Å². The number of fused-ring (bicyclic) bond motifs is 1. The van der Waals surface area contributed by atoms with Crippen molar-refractivity contribution in [3.63, 3.8) is 0 Å². The Balaban J connectivity index is 2.25. The van der Waals surface area contributed by atoms with Gasteiger partial charge >= 0.3 is 0 Å². The molecule has 0 saturated heterocycles. The Bertz CT molecular complexity index is 213. The van der Waals surface area contributed by atoms with Gasteiger partial charge in [0, 0.05) is 12.3 Å². The van der Waals surface area contributed by atoms with Gasteiger partial charge in [0.25, 0.3) is 0 Å². The maximum Gasteiger partial charge on any atom is 0.0395 e. The van der Waals surface area contributed by atoms with Gasteiger partial charge < -0.3 is 0 Å². The normalized spacial score (nSPS) is 30.5. The highest BCUT2D eigenvalue weighted by Crippen LogP contribution is 2.26. The van der Waals surface area contributed by atoms with Gasteiger partial charge in [0.15, 0.2) is 0 Å². The molecule has 2 rings (SSSR count). The zero-order valence-corrected chi connectivity index (χ0v) is 7.14. The first-order chi connectivity index (χ1) is 5.36. The summed E-state index contributed by atoms with van der Waals surface area (Å²) in [5.74, 6) is 0.794. The molecule has 2 aliphatic rings. The van der Waals surface area contributed by atoms with Gasteiger partial charge in [-0.1, -0.05) is 13.0 Å². The summed E-state index contributed by atoms with van der Waals surface area (Å²) in [6.45, 7) is 3.37. The Hall–Kier alpha value is -0.590. The van der Waals surface area contributed by atoms with Crippen molar-refractivity contribution < 1.29 is 0 Å². The number of aliphatic imine (C=N–C) groups is 1. The summed E-state index contributed by atoms with van der Waals surface area (Å²) in [6, 6.07) is 0. The van der Waals surface area contributed by atoms with Crippen LogP contribution >= 0.6 is 0 Å². The lowest BCUT2D eigenvalue weighted by molar-refractivity contribution is 0.633. The van der Waals surface area contributed by atoms with Crippen LogP contribution in [-0.4, -0.2) is 12.3 Å². The molecule has 0 N–H and O–H groups in total. The third-order valence-corrected chi connectivity index (χ3v) is 2.60. The lowest BCUT2D eigenvalue weighted by Gasteiger charge is -2.23. The largest absolute Gasteiger partial charge is 0.289 e. The molecule has 0 radical (unpaired) electrons. The van der Waals surface area contributed by atoms with Gasteiger partial charge in [-0.2, -0.15) is 0 Å². The maximum absolute atomic E-state index is 4.53. The van der Waals surface area contributed by atoms with Gasteiger partial charge in [-0.05, 0) is 37.2 Å². The summed E-state index contributed by atoms with van der Waals surface area (Å²) in [6.07, 6.45) is 7.50. The van der Waals surface area contributed by atoms with Gasteiger partial charge in [0.2, 0.25) is 0 Å². The van der Waals surface area contributed by atoms with Crippen LogP contribution in [0.3, 0.4) is 0 Å². The molecule has 0 amide bonds. The molecule has 0 aromatic heterocycles. The Morgan fingerprint density at radius 2 is 2.36 bits per heavy atom. The van der Waals surface area contributed by atoms with E-state index in [0.29, 0.717) is 0 Å². The molecule has 0 bridgehead atoms. The zero-order valence-electron chi connectivity index (χ0n) is 7.14. The minimum absolute atomic E-state index is 0.794. The van der Waals surface area contributed by atoms with Gasteiger partial charge in [0.05, 0.1) is 0 Å². The molecule has 0 spiro atoms. The first-order valence-corrected chi connectivity index (χ1v) is 4.60. The summed E-state index contributed by atoms with van der Waals surface area (Å²) in [5.41, 5.74) is 2.96. The van der Waals surface area contributed by atoms with Crippen molar-refractivity contribution >= 4 is 5.71 Å². The summed E-state index contributed by atoms with van der Waals surface area (Å²) in [7, 11) is 0. The maximum atomic E-state index is 4.53. The molecule has 1 heteroatoms. The van der Waals surface area contributed by atoms with E-state index in [2.05, 4.69) is 18.0 Å². The molecule has 0 aromatic carbocycles. The van der Waals surface area contributed by atoms with Crippen molar-refractivity contribution in [1.82, 2.24) is 0 Å². The summed E-state index contributed by atoms with van der Waals surface area (Å²) >= 11 is 0. The van der Waals surface area contributed by atoms with E-state index >= 15 is 0 Å². The highest BCUT2D eigenvalue weighted by atomic mass is 14.7. The Labute approximate surface area is 68.2 Å². The van der Waals surface area contributed by atoms with Crippen LogP contribution in [-0.2, 0) is 0 Å². The molecule has 60 valence electrons. The van der Waals surface area contributed by atoms with Crippen molar-refractivity contribution in [2.24, 2.45) is 10.9 Å². The van der Waals surface area contributed by atoms with E-state index in [4.69, 9.17) is 0 Å². The van der Waals surface area contributed by atoms with Crippen molar-refractivity contribution in [2.75, 3.05) is 6.54 Å². The molecular weight excluding hydrogens is 134 g/mol. The quantitative estimate of drug-likeness (QED) is 0.502. The van der Waals surface area contributed by atoms with Crippen LogP contribution < -0.4 is 0 Å². The Morgan fingerprint density at radius 3 is 3.27 bits per heavy atom. The summed E-state index contributed by atoms with van der Waals surface area (Å²) < 4.78 is 0. The van der Waals surface area contributed by atoms with Crippen LogP contribution in [0.5, 0.6) is 0 Å². The number of rotatable bonds is 0. The number of hydrogen-bond acceptors (Lipinski definition) is 1. The topological polar surface area (TPSA) is 12.4 Å². The first-order valence-electron chi connectivity index (χ1n) is 4.60.